The molecule has 6 aromatic rings. The number of fused-ring (bicyclic) bond motifs is 1. The van der Waals surface area contributed by atoms with Crippen LogP contribution in [-0.2, 0) is 25.4 Å². The largest absolute Gasteiger partial charge is 0.488 e. The van der Waals surface area contributed by atoms with E-state index in [2.05, 4.69) is 82.6 Å². The molecule has 0 spiro atoms. The van der Waals surface area contributed by atoms with Gasteiger partial charge >= 0.3 is 5.97 Å². The molecule has 17 heteroatoms. The second-order valence-corrected chi connectivity index (χ2v) is 14.8. The van der Waals surface area contributed by atoms with Crippen LogP contribution in [0.15, 0.2) is 84.2 Å². The van der Waals surface area contributed by atoms with Gasteiger partial charge in [0.25, 0.3) is 0 Å². The summed E-state index contributed by atoms with van der Waals surface area (Å²) in [6.45, 7) is 14.9. The molecule has 0 unspecified atom stereocenters. The van der Waals surface area contributed by atoms with Gasteiger partial charge in [-0.2, -0.15) is 15.1 Å². The predicted octanol–water partition coefficient (Wildman–Crippen LogP) is 6.57. The third-order valence-corrected chi connectivity index (χ3v) is 10.2. The quantitative estimate of drug-likeness (QED) is 0.0410. The third-order valence-electron chi connectivity index (χ3n) is 10.2. The zero-order valence-corrected chi connectivity index (χ0v) is 36.3. The summed E-state index contributed by atoms with van der Waals surface area (Å²) in [7, 11) is 0. The lowest BCUT2D eigenvalue weighted by molar-refractivity contribution is -0.143. The molecular weight excluding hydrogens is 803 g/mol. The second-order valence-electron chi connectivity index (χ2n) is 14.8. The van der Waals surface area contributed by atoms with Crippen LogP contribution in [0.5, 0.6) is 11.6 Å². The first-order valence-corrected chi connectivity index (χ1v) is 21.2. The van der Waals surface area contributed by atoms with Gasteiger partial charge in [0.2, 0.25) is 11.8 Å². The number of pyridine rings is 1. The van der Waals surface area contributed by atoms with Crippen molar-refractivity contribution in [1.29, 1.82) is 0 Å². The van der Waals surface area contributed by atoms with Crippen molar-refractivity contribution >= 4 is 52.2 Å². The number of nitrogens with one attached hydrogen (secondary N) is 3. The molecule has 0 aliphatic carbocycles. The number of carbonyl (C=O) groups is 1. The van der Waals surface area contributed by atoms with Crippen molar-refractivity contribution in [3.05, 3.63) is 107 Å². The monoisotopic (exact) mass is 857 g/mol. The summed E-state index contributed by atoms with van der Waals surface area (Å²) in [5, 5.41) is 8.84. The van der Waals surface area contributed by atoms with Gasteiger partial charge < -0.3 is 43.8 Å². The van der Waals surface area contributed by atoms with Crippen LogP contribution < -0.4 is 30.0 Å². The van der Waals surface area contributed by atoms with E-state index in [-0.39, 0.29) is 12.4 Å². The zero-order chi connectivity index (χ0) is 43.8. The minimum absolute atomic E-state index is 0.242. The van der Waals surface area contributed by atoms with E-state index in [1.165, 1.54) is 22.2 Å². The average molecular weight is 858 g/mol. The summed E-state index contributed by atoms with van der Waals surface area (Å²) < 4.78 is 27.5. The van der Waals surface area contributed by atoms with Crippen LogP contribution in [-0.4, -0.2) is 115 Å². The maximum Gasteiger partial charge on any atom is 0.306 e. The van der Waals surface area contributed by atoms with Gasteiger partial charge in [0, 0.05) is 73.2 Å². The fourth-order valence-corrected chi connectivity index (χ4v) is 6.88. The number of hydrogen-bond acceptors (Lipinski definition) is 16. The van der Waals surface area contributed by atoms with Gasteiger partial charge in [-0.25, -0.2) is 9.97 Å². The molecule has 2 aromatic carbocycles. The molecular formula is C46H55N11O6. The number of morpholine rings is 2. The maximum absolute atomic E-state index is 11.7. The predicted molar refractivity (Wildman–Crippen MR) is 244 cm³/mol. The minimum Gasteiger partial charge on any atom is -0.488 e. The molecule has 330 valence electrons. The normalized spacial score (nSPS) is 14.0. The molecule has 8 rings (SSSR count). The van der Waals surface area contributed by atoms with E-state index in [1.807, 2.05) is 55.5 Å². The highest BCUT2D eigenvalue weighted by Crippen LogP contribution is 2.28. The van der Waals surface area contributed by atoms with E-state index in [1.54, 1.807) is 25.5 Å². The van der Waals surface area contributed by atoms with E-state index >= 15 is 0 Å². The standard InChI is InChI=1S/C25H28N6O3.C21H27N5O3/c1-17-18(2)27-22-6-5-19(14-21(17)22)28-25-29-23(31-8-10-32-11-9-31)15-24(30-25)34-13-12-33-20-4-3-7-26-16-20;1-3-29-21(27)8-7-18-23-19(14-20(24-18)26-9-11-28-12-10-26)25-22-15-17-6-4-5-16(2)13-17/h3-7,14-16,27H,8-13H2,1-2H3,(H,28,29,30);4-6,13-15H,3,7-12H2,1-2H3,(H,23,24,25)/b;22-15+. The molecule has 2 fully saturated rings. The minimum atomic E-state index is -0.250. The number of ether oxygens (including phenoxy) is 5. The fraction of sp³-hybridized carbons (Fsp3) is 0.370. The molecule has 0 radical (unpaired) electrons. The van der Waals surface area contributed by atoms with Gasteiger partial charge in [0.15, 0.2) is 5.82 Å². The molecule has 3 N–H and O–H groups in total. The van der Waals surface area contributed by atoms with E-state index < -0.39 is 0 Å². The fourth-order valence-electron chi connectivity index (χ4n) is 6.88. The number of benzene rings is 2. The number of aromatic nitrogens is 6. The number of aryl methyl sites for hydroxylation is 4. The first-order valence-electron chi connectivity index (χ1n) is 21.2. The third kappa shape index (κ3) is 13.1. The van der Waals surface area contributed by atoms with Gasteiger partial charge in [-0.3, -0.25) is 15.2 Å². The van der Waals surface area contributed by atoms with Gasteiger partial charge in [-0.15, -0.1) is 0 Å². The van der Waals surface area contributed by atoms with Gasteiger partial charge in [-0.1, -0.05) is 29.8 Å². The number of hydrazone groups is 1. The molecule has 0 saturated carbocycles. The van der Waals surface area contributed by atoms with Crippen LogP contribution in [0.3, 0.4) is 0 Å². The van der Waals surface area contributed by atoms with Crippen molar-refractivity contribution in [2.24, 2.45) is 5.10 Å². The Morgan fingerprint density at radius 3 is 2.35 bits per heavy atom. The lowest BCUT2D eigenvalue weighted by atomic mass is 10.1. The molecule has 2 saturated heterocycles. The number of anilines is 5. The first-order chi connectivity index (χ1) is 30.8. The number of esters is 1. The molecule has 17 nitrogen and oxygen atoms in total. The zero-order valence-electron chi connectivity index (χ0n) is 36.3. The summed E-state index contributed by atoms with van der Waals surface area (Å²) in [4.78, 5) is 42.0. The summed E-state index contributed by atoms with van der Waals surface area (Å²) in [5.41, 5.74) is 9.60. The highest BCUT2D eigenvalue weighted by molar-refractivity contribution is 5.88. The van der Waals surface area contributed by atoms with E-state index in [9.17, 15) is 4.79 Å². The molecule has 0 bridgehead atoms. The van der Waals surface area contributed by atoms with E-state index in [0.717, 1.165) is 54.6 Å². The lowest BCUT2D eigenvalue weighted by Crippen LogP contribution is -2.37. The molecule has 2 aliphatic rings. The second kappa shape index (κ2) is 22.3. The Bertz CT molecular complexity index is 2440. The topological polar surface area (TPSA) is 186 Å². The van der Waals surface area contributed by atoms with Crippen LogP contribution >= 0.6 is 0 Å². The average Bonchev–Trinajstić information content (AvgIpc) is 3.59. The van der Waals surface area contributed by atoms with Crippen LogP contribution in [0.25, 0.3) is 10.9 Å². The first kappa shape index (κ1) is 44.2. The lowest BCUT2D eigenvalue weighted by Gasteiger charge is -2.28. The van der Waals surface area contributed by atoms with Crippen LogP contribution in [0.1, 0.15) is 41.6 Å². The molecule has 0 atom stereocenters. The summed E-state index contributed by atoms with van der Waals surface area (Å²) in [6.07, 6.45) is 5.79. The number of rotatable bonds is 16. The maximum atomic E-state index is 11.7. The molecule has 4 aromatic heterocycles. The van der Waals surface area contributed by atoms with Gasteiger partial charge in [-0.05, 0) is 69.2 Å². The Kier molecular flexibility index (Phi) is 15.7. The van der Waals surface area contributed by atoms with Crippen LogP contribution in [0.4, 0.5) is 29.1 Å². The Balaban J connectivity index is 0.000000192. The summed E-state index contributed by atoms with van der Waals surface area (Å²) in [5.74, 6) is 4.20. The van der Waals surface area contributed by atoms with E-state index in [4.69, 9.17) is 28.7 Å². The van der Waals surface area contributed by atoms with Crippen molar-refractivity contribution < 1.29 is 28.5 Å². The molecule has 6 heterocycles. The SMILES string of the molecule is CCOC(=O)CCc1nc(N/N=C/c2cccc(C)c2)cc(N2CCOCC2)n1.Cc1[nH]c2ccc(Nc3nc(OCCOc4cccnc4)cc(N4CCOCC4)n3)cc2c1C. The Morgan fingerprint density at radius 2 is 1.62 bits per heavy atom. The number of hydrogen-bond donors (Lipinski definition) is 3. The van der Waals surface area contributed by atoms with Crippen LogP contribution in [0, 0.1) is 20.8 Å². The van der Waals surface area contributed by atoms with Gasteiger partial charge in [0.1, 0.15) is 36.4 Å². The molecule has 63 heavy (non-hydrogen) atoms. The van der Waals surface area contributed by atoms with E-state index in [0.29, 0.717) is 81.9 Å². The van der Waals surface area contributed by atoms with Crippen molar-refractivity contribution in [3.8, 4) is 11.6 Å². The molecule has 0 amide bonds. The Morgan fingerprint density at radius 1 is 0.857 bits per heavy atom. The Hall–Kier alpha value is -6.85. The van der Waals surface area contributed by atoms with Crippen molar-refractivity contribution in [1.82, 2.24) is 29.9 Å². The summed E-state index contributed by atoms with van der Waals surface area (Å²) in [6, 6.07) is 21.7. The summed E-state index contributed by atoms with van der Waals surface area (Å²) >= 11 is 0. The van der Waals surface area contributed by atoms with Crippen molar-refractivity contribution in [3.63, 3.8) is 0 Å². The van der Waals surface area contributed by atoms with Crippen molar-refractivity contribution in [2.45, 2.75) is 40.5 Å². The number of H-pyrrole nitrogens is 1. The highest BCUT2D eigenvalue weighted by Gasteiger charge is 2.18. The number of nitrogens with zero attached hydrogens (tertiary/aromatic N) is 8. The van der Waals surface area contributed by atoms with Crippen LogP contribution in [0.2, 0.25) is 0 Å². The Labute approximate surface area is 367 Å². The number of aromatic amines is 1. The van der Waals surface area contributed by atoms with Crippen molar-refractivity contribution in [2.75, 3.05) is 93.0 Å². The highest BCUT2D eigenvalue weighted by atomic mass is 16.5. The smallest absolute Gasteiger partial charge is 0.306 e. The molecule has 2 aliphatic heterocycles. The van der Waals surface area contributed by atoms with Gasteiger partial charge in [0.05, 0.1) is 51.9 Å². The number of carbonyl (C=O) groups excluding carboxylic acids is 1.